The normalized spacial score (nSPS) is 21.0. The van der Waals surface area contributed by atoms with E-state index in [4.69, 9.17) is 25.8 Å². The van der Waals surface area contributed by atoms with E-state index in [0.29, 0.717) is 42.9 Å². The van der Waals surface area contributed by atoms with Crippen molar-refractivity contribution < 1.29 is 24.1 Å². The summed E-state index contributed by atoms with van der Waals surface area (Å²) in [4.78, 5) is 24.2. The Labute approximate surface area is 185 Å². The van der Waals surface area contributed by atoms with Crippen LogP contribution < -0.4 is 10.2 Å². The molecule has 0 bridgehead atoms. The molecule has 0 unspecified atom stereocenters. The van der Waals surface area contributed by atoms with Gasteiger partial charge in [-0.25, -0.2) is 4.79 Å². The van der Waals surface area contributed by atoms with Crippen molar-refractivity contribution in [1.29, 1.82) is 0 Å². The van der Waals surface area contributed by atoms with E-state index in [1.54, 1.807) is 13.2 Å². The van der Waals surface area contributed by atoms with Crippen LogP contribution in [0.1, 0.15) is 48.1 Å². The molecule has 0 amide bonds. The summed E-state index contributed by atoms with van der Waals surface area (Å²) in [6.07, 6.45) is 2.21. The summed E-state index contributed by atoms with van der Waals surface area (Å²) < 4.78 is 18.8. The number of carboxylic acids is 1. The largest absolute Gasteiger partial charge is 0.492 e. The number of aromatic carboxylic acids is 1. The Morgan fingerprint density at radius 1 is 1.32 bits per heavy atom. The standard InChI is InChI=1S/C23H26ClNO6/c1-23(2)12-30-11-16-13-8-20(31-6-4-5-29-3)17(24)7-14(13)18-9-19(26)15(22(27)28)10-25(18)21(16)23/h7-10,16,21H,4-6,11-12H2,1-3H3,(H,27,28)/t16-,21+/m1/s1. The van der Waals surface area contributed by atoms with E-state index in [2.05, 4.69) is 13.8 Å². The maximum atomic E-state index is 12.5. The number of rotatable bonds is 6. The van der Waals surface area contributed by atoms with Gasteiger partial charge in [0.15, 0.2) is 5.43 Å². The number of fused-ring (bicyclic) bond motifs is 6. The molecule has 2 aliphatic rings. The van der Waals surface area contributed by atoms with Crippen molar-refractivity contribution in [2.45, 2.75) is 32.2 Å². The molecule has 1 N–H and O–H groups in total. The molecule has 2 aliphatic heterocycles. The SMILES string of the molecule is COCCCOc1cc2c(cc1Cl)-c1cc(=O)c(C(=O)O)cn1[C@H]1[C@@H]2COCC1(C)C. The fourth-order valence-electron chi connectivity index (χ4n) is 4.75. The molecule has 1 aromatic heterocycles. The van der Waals surface area contributed by atoms with Crippen LogP contribution in [0.2, 0.25) is 5.02 Å². The molecule has 2 aromatic rings. The van der Waals surface area contributed by atoms with Crippen LogP contribution in [0, 0.1) is 5.41 Å². The van der Waals surface area contributed by atoms with Crippen molar-refractivity contribution >= 4 is 17.6 Å². The molecule has 3 heterocycles. The predicted octanol–water partition coefficient (Wildman–Crippen LogP) is 3.98. The fourth-order valence-corrected chi connectivity index (χ4v) is 4.97. The monoisotopic (exact) mass is 447 g/mol. The van der Waals surface area contributed by atoms with Gasteiger partial charge >= 0.3 is 5.97 Å². The zero-order chi connectivity index (χ0) is 22.3. The van der Waals surface area contributed by atoms with Crippen LogP contribution in [0.25, 0.3) is 11.3 Å². The molecular formula is C23H26ClNO6. The van der Waals surface area contributed by atoms with Gasteiger partial charge in [-0.2, -0.15) is 0 Å². The second kappa shape index (κ2) is 8.30. The van der Waals surface area contributed by atoms with E-state index >= 15 is 0 Å². The second-order valence-electron chi connectivity index (χ2n) is 8.77. The van der Waals surface area contributed by atoms with E-state index < -0.39 is 11.4 Å². The highest BCUT2D eigenvalue weighted by Gasteiger charge is 2.46. The highest BCUT2D eigenvalue weighted by molar-refractivity contribution is 6.32. The van der Waals surface area contributed by atoms with Crippen LogP contribution in [0.15, 0.2) is 29.2 Å². The first kappa shape index (κ1) is 21.9. The van der Waals surface area contributed by atoms with Crippen LogP contribution in [0.4, 0.5) is 0 Å². The van der Waals surface area contributed by atoms with Gasteiger partial charge in [0.25, 0.3) is 0 Å². The number of ether oxygens (including phenoxy) is 3. The number of methoxy groups -OCH3 is 1. The van der Waals surface area contributed by atoms with E-state index in [0.717, 1.165) is 17.5 Å². The highest BCUT2D eigenvalue weighted by Crippen LogP contribution is 2.53. The van der Waals surface area contributed by atoms with Crippen LogP contribution in [-0.4, -0.2) is 49.2 Å². The second-order valence-corrected chi connectivity index (χ2v) is 9.18. The average molecular weight is 448 g/mol. The Morgan fingerprint density at radius 2 is 2.10 bits per heavy atom. The Bertz CT molecular complexity index is 1080. The number of carbonyl (C=O) groups is 1. The van der Waals surface area contributed by atoms with Crippen molar-refractivity contribution in [3.05, 3.63) is 50.8 Å². The zero-order valence-corrected chi connectivity index (χ0v) is 18.6. The van der Waals surface area contributed by atoms with Gasteiger partial charge in [0.05, 0.1) is 36.6 Å². The van der Waals surface area contributed by atoms with Crippen molar-refractivity contribution in [2.75, 3.05) is 33.5 Å². The van der Waals surface area contributed by atoms with E-state index in [1.165, 1.54) is 12.3 Å². The quantitative estimate of drug-likeness (QED) is 0.674. The summed E-state index contributed by atoms with van der Waals surface area (Å²) in [6.45, 7) is 6.27. The molecule has 1 saturated heterocycles. The molecule has 0 radical (unpaired) electrons. The smallest absolute Gasteiger partial charge is 0.341 e. The van der Waals surface area contributed by atoms with Crippen LogP contribution in [-0.2, 0) is 9.47 Å². The number of benzene rings is 1. The van der Waals surface area contributed by atoms with Gasteiger partial charge in [0.1, 0.15) is 11.3 Å². The molecule has 0 spiro atoms. The van der Waals surface area contributed by atoms with Crippen molar-refractivity contribution in [2.24, 2.45) is 5.41 Å². The van der Waals surface area contributed by atoms with E-state index in [1.807, 2.05) is 10.6 Å². The van der Waals surface area contributed by atoms with E-state index in [-0.39, 0.29) is 22.9 Å². The number of pyridine rings is 1. The Kier molecular flexibility index (Phi) is 5.85. The lowest BCUT2D eigenvalue weighted by Crippen LogP contribution is -2.45. The maximum Gasteiger partial charge on any atom is 0.341 e. The number of halogens is 1. The van der Waals surface area contributed by atoms with Gasteiger partial charge in [0.2, 0.25) is 0 Å². The van der Waals surface area contributed by atoms with Gasteiger partial charge in [-0.05, 0) is 17.7 Å². The summed E-state index contributed by atoms with van der Waals surface area (Å²) in [6, 6.07) is 5.06. The molecule has 1 aromatic carbocycles. The minimum atomic E-state index is -1.23. The number of carboxylic acid groups (broad SMARTS) is 1. The lowest BCUT2D eigenvalue weighted by molar-refractivity contribution is -0.0430. The number of hydrogen-bond acceptors (Lipinski definition) is 5. The van der Waals surface area contributed by atoms with Gasteiger partial charge in [-0.1, -0.05) is 25.4 Å². The third-order valence-corrected chi connectivity index (χ3v) is 6.39. The van der Waals surface area contributed by atoms with E-state index in [9.17, 15) is 14.7 Å². The Morgan fingerprint density at radius 3 is 2.81 bits per heavy atom. The summed E-state index contributed by atoms with van der Waals surface area (Å²) in [7, 11) is 1.64. The van der Waals surface area contributed by atoms with Gasteiger partial charge in [-0.15, -0.1) is 0 Å². The minimum Gasteiger partial charge on any atom is -0.492 e. The zero-order valence-electron chi connectivity index (χ0n) is 17.8. The van der Waals surface area contributed by atoms with Crippen molar-refractivity contribution in [3.63, 3.8) is 0 Å². The molecule has 31 heavy (non-hydrogen) atoms. The topological polar surface area (TPSA) is 87.0 Å². The van der Waals surface area contributed by atoms with Crippen LogP contribution in [0.3, 0.4) is 0 Å². The Hall–Kier alpha value is -2.35. The predicted molar refractivity (Wildman–Crippen MR) is 116 cm³/mol. The highest BCUT2D eigenvalue weighted by atomic mass is 35.5. The summed E-state index contributed by atoms with van der Waals surface area (Å²) >= 11 is 6.52. The Balaban J connectivity index is 1.88. The summed E-state index contributed by atoms with van der Waals surface area (Å²) in [5.41, 5.74) is 1.41. The lowest BCUT2D eigenvalue weighted by Gasteiger charge is -2.49. The molecule has 8 heteroatoms. The van der Waals surface area contributed by atoms with Gasteiger partial charge in [-0.3, -0.25) is 4.79 Å². The molecule has 0 saturated carbocycles. The van der Waals surface area contributed by atoms with Crippen molar-refractivity contribution in [1.82, 2.24) is 4.57 Å². The van der Waals surface area contributed by atoms with Gasteiger partial charge in [0, 0.05) is 49.3 Å². The molecule has 1 fully saturated rings. The first-order valence-electron chi connectivity index (χ1n) is 10.3. The first-order valence-corrected chi connectivity index (χ1v) is 10.6. The van der Waals surface area contributed by atoms with Gasteiger partial charge < -0.3 is 23.9 Å². The minimum absolute atomic E-state index is 0.0333. The molecule has 2 atom stereocenters. The third kappa shape index (κ3) is 3.86. The molecular weight excluding hydrogens is 422 g/mol. The lowest BCUT2D eigenvalue weighted by atomic mass is 9.70. The number of hydrogen-bond donors (Lipinski definition) is 1. The number of aromatic nitrogens is 1. The fraction of sp³-hybridized carbons (Fsp3) is 0.478. The molecule has 4 rings (SSSR count). The molecule has 7 nitrogen and oxygen atoms in total. The summed E-state index contributed by atoms with van der Waals surface area (Å²) in [5, 5.41) is 9.94. The molecule has 0 aliphatic carbocycles. The number of nitrogens with zero attached hydrogens (tertiary/aromatic N) is 1. The molecule has 166 valence electrons. The van der Waals surface area contributed by atoms with Crippen LogP contribution in [0.5, 0.6) is 5.75 Å². The average Bonchev–Trinajstić information content (AvgIpc) is 2.71. The maximum absolute atomic E-state index is 12.5. The van der Waals surface area contributed by atoms with Crippen molar-refractivity contribution in [3.8, 4) is 17.0 Å². The van der Waals surface area contributed by atoms with Crippen LogP contribution >= 0.6 is 11.6 Å². The first-order chi connectivity index (χ1) is 14.7. The third-order valence-electron chi connectivity index (χ3n) is 6.09. The summed E-state index contributed by atoms with van der Waals surface area (Å²) in [5.74, 6) is -0.684.